The Bertz CT molecular complexity index is 153. The summed E-state index contributed by atoms with van der Waals surface area (Å²) < 4.78 is 0. The van der Waals surface area contributed by atoms with Crippen LogP contribution in [0.25, 0.3) is 0 Å². The minimum atomic E-state index is -0.525. The van der Waals surface area contributed by atoms with E-state index in [4.69, 9.17) is 10.2 Å². The van der Waals surface area contributed by atoms with E-state index in [1.54, 1.807) is 6.92 Å². The van der Waals surface area contributed by atoms with E-state index in [2.05, 4.69) is 6.92 Å². The minimum Gasteiger partial charge on any atom is -0.481 e. The first-order valence-electron chi connectivity index (χ1n) is 4.01. The quantitative estimate of drug-likeness (QED) is 0.619. The molecule has 0 amide bonds. The minimum absolute atomic E-state index is 0.0897. The van der Waals surface area contributed by atoms with E-state index in [0.29, 0.717) is 5.57 Å². The van der Waals surface area contributed by atoms with Gasteiger partial charge >= 0.3 is 0 Å². The molecule has 0 spiro atoms. The van der Waals surface area contributed by atoms with Crippen molar-refractivity contribution in [3.63, 3.8) is 0 Å². The average Bonchev–Trinajstić information content (AvgIpc) is 1.86. The van der Waals surface area contributed by atoms with Crippen LogP contribution < -0.4 is 0 Å². The fourth-order valence-corrected chi connectivity index (χ4v) is 1.12. The summed E-state index contributed by atoms with van der Waals surface area (Å²) in [5.41, 5.74) is 0.576. The van der Waals surface area contributed by atoms with Crippen LogP contribution in [0.3, 0.4) is 0 Å². The fraction of sp³-hybridized carbons (Fsp3) is 0.778. The van der Waals surface area contributed by atoms with Gasteiger partial charge in [-0.05, 0) is 18.8 Å². The van der Waals surface area contributed by atoms with Crippen molar-refractivity contribution in [1.29, 1.82) is 0 Å². The second kappa shape index (κ2) is 3.65. The molecule has 0 aliphatic heterocycles. The van der Waals surface area contributed by atoms with E-state index < -0.39 is 5.95 Å². The van der Waals surface area contributed by atoms with Crippen LogP contribution >= 0.6 is 0 Å². The Morgan fingerprint density at radius 2 is 1.73 bits per heavy atom. The molecular formula is C9H18O2. The lowest BCUT2D eigenvalue weighted by Crippen LogP contribution is -2.14. The highest BCUT2D eigenvalue weighted by Gasteiger charge is 2.22. The molecule has 0 unspecified atom stereocenters. The standard InChI is InChI=1S/C9H18O2/c1-5-6-9(3,4)7(2)8(10)11/h10-11H,5-6H2,1-4H3. The van der Waals surface area contributed by atoms with E-state index in [1.165, 1.54) is 0 Å². The monoisotopic (exact) mass is 158 g/mol. The molecule has 0 rings (SSSR count). The van der Waals surface area contributed by atoms with Gasteiger partial charge in [-0.2, -0.15) is 0 Å². The molecule has 2 N–H and O–H groups in total. The van der Waals surface area contributed by atoms with E-state index in [0.717, 1.165) is 12.8 Å². The van der Waals surface area contributed by atoms with Gasteiger partial charge in [-0.15, -0.1) is 0 Å². The summed E-state index contributed by atoms with van der Waals surface area (Å²) in [4.78, 5) is 0. The van der Waals surface area contributed by atoms with Gasteiger partial charge in [0, 0.05) is 5.57 Å². The Morgan fingerprint density at radius 1 is 1.27 bits per heavy atom. The molecule has 0 saturated heterocycles. The summed E-state index contributed by atoms with van der Waals surface area (Å²) in [5.74, 6) is -0.525. The van der Waals surface area contributed by atoms with Crippen LogP contribution in [-0.4, -0.2) is 10.2 Å². The van der Waals surface area contributed by atoms with Crippen LogP contribution in [0, 0.1) is 5.41 Å². The third kappa shape index (κ3) is 2.83. The van der Waals surface area contributed by atoms with Gasteiger partial charge < -0.3 is 10.2 Å². The zero-order valence-electron chi connectivity index (χ0n) is 7.81. The Labute approximate surface area is 68.6 Å². The second-order valence-corrected chi connectivity index (χ2v) is 3.58. The van der Waals surface area contributed by atoms with Gasteiger partial charge in [-0.3, -0.25) is 0 Å². The van der Waals surface area contributed by atoms with Gasteiger partial charge in [-0.25, -0.2) is 0 Å². The van der Waals surface area contributed by atoms with Crippen molar-refractivity contribution in [2.24, 2.45) is 5.41 Å². The van der Waals surface area contributed by atoms with Gasteiger partial charge in [0.2, 0.25) is 0 Å². The summed E-state index contributed by atoms with van der Waals surface area (Å²) in [5, 5.41) is 17.6. The smallest absolute Gasteiger partial charge is 0.273 e. The first-order valence-corrected chi connectivity index (χ1v) is 4.01. The van der Waals surface area contributed by atoms with Gasteiger partial charge in [-0.1, -0.05) is 27.2 Å². The highest BCUT2D eigenvalue weighted by atomic mass is 16.5. The maximum Gasteiger partial charge on any atom is 0.273 e. The fourth-order valence-electron chi connectivity index (χ4n) is 1.12. The van der Waals surface area contributed by atoms with Crippen LogP contribution in [-0.2, 0) is 0 Å². The van der Waals surface area contributed by atoms with Gasteiger partial charge in [0.15, 0.2) is 0 Å². The predicted molar refractivity (Wildman–Crippen MR) is 46.6 cm³/mol. The van der Waals surface area contributed by atoms with Crippen LogP contribution in [0.15, 0.2) is 11.5 Å². The highest BCUT2D eigenvalue weighted by molar-refractivity contribution is 5.08. The number of aliphatic hydroxyl groups excluding tert-OH is 1. The topological polar surface area (TPSA) is 40.5 Å². The highest BCUT2D eigenvalue weighted by Crippen LogP contribution is 2.31. The maximum atomic E-state index is 8.82. The Morgan fingerprint density at radius 3 is 2.00 bits per heavy atom. The van der Waals surface area contributed by atoms with E-state index >= 15 is 0 Å². The summed E-state index contributed by atoms with van der Waals surface area (Å²) in [7, 11) is 0. The van der Waals surface area contributed by atoms with Crippen molar-refractivity contribution in [2.45, 2.75) is 40.5 Å². The van der Waals surface area contributed by atoms with Crippen molar-refractivity contribution in [3.05, 3.63) is 11.5 Å². The largest absolute Gasteiger partial charge is 0.481 e. The zero-order valence-corrected chi connectivity index (χ0v) is 7.81. The average molecular weight is 158 g/mol. The first kappa shape index (κ1) is 10.3. The molecule has 66 valence electrons. The predicted octanol–water partition coefficient (Wildman–Crippen LogP) is 3.16. The molecule has 0 atom stereocenters. The van der Waals surface area contributed by atoms with E-state index in [9.17, 15) is 0 Å². The summed E-state index contributed by atoms with van der Waals surface area (Å²) in [6.07, 6.45) is 2.03. The SMILES string of the molecule is CCCC(C)(C)C(C)=C(O)O. The Kier molecular flexibility index (Phi) is 3.43. The molecule has 0 aliphatic rings. The molecule has 0 aromatic carbocycles. The molecule has 0 heterocycles. The molecule has 0 aromatic heterocycles. The van der Waals surface area contributed by atoms with Crippen LogP contribution in [0.1, 0.15) is 40.5 Å². The molecule has 0 radical (unpaired) electrons. The molecule has 0 fully saturated rings. The normalized spacial score (nSPS) is 11.3. The van der Waals surface area contributed by atoms with Gasteiger partial charge in [0.25, 0.3) is 5.95 Å². The third-order valence-corrected chi connectivity index (χ3v) is 2.23. The van der Waals surface area contributed by atoms with Gasteiger partial charge in [0.05, 0.1) is 0 Å². The van der Waals surface area contributed by atoms with Crippen molar-refractivity contribution in [2.75, 3.05) is 0 Å². The Hall–Kier alpha value is -0.660. The lowest BCUT2D eigenvalue weighted by Gasteiger charge is -2.24. The number of hydrogen-bond donors (Lipinski definition) is 2. The van der Waals surface area contributed by atoms with Crippen LogP contribution in [0.2, 0.25) is 0 Å². The molecule has 0 aromatic rings. The molecule has 0 saturated carbocycles. The lowest BCUT2D eigenvalue weighted by atomic mass is 9.81. The van der Waals surface area contributed by atoms with E-state index in [-0.39, 0.29) is 5.41 Å². The summed E-state index contributed by atoms with van der Waals surface area (Å²) >= 11 is 0. The molecule has 11 heavy (non-hydrogen) atoms. The third-order valence-electron chi connectivity index (χ3n) is 2.23. The van der Waals surface area contributed by atoms with Gasteiger partial charge in [0.1, 0.15) is 0 Å². The summed E-state index contributed by atoms with van der Waals surface area (Å²) in [6, 6.07) is 0. The van der Waals surface area contributed by atoms with Crippen molar-refractivity contribution < 1.29 is 10.2 Å². The first-order chi connectivity index (χ1) is 4.91. The Balaban J connectivity index is 4.42. The van der Waals surface area contributed by atoms with Crippen LogP contribution in [0.5, 0.6) is 0 Å². The zero-order chi connectivity index (χ0) is 9.07. The second-order valence-electron chi connectivity index (χ2n) is 3.58. The maximum absolute atomic E-state index is 8.82. The molecular weight excluding hydrogens is 140 g/mol. The van der Waals surface area contributed by atoms with Crippen molar-refractivity contribution in [1.82, 2.24) is 0 Å². The molecule has 0 aliphatic carbocycles. The van der Waals surface area contributed by atoms with Crippen LogP contribution in [0.4, 0.5) is 0 Å². The number of aliphatic hydroxyl groups is 2. The number of rotatable bonds is 3. The number of hydrogen-bond acceptors (Lipinski definition) is 2. The molecule has 2 heteroatoms. The summed E-state index contributed by atoms with van der Waals surface area (Å²) in [6.45, 7) is 7.87. The molecule has 0 bridgehead atoms. The van der Waals surface area contributed by atoms with E-state index in [1.807, 2.05) is 13.8 Å². The lowest BCUT2D eigenvalue weighted by molar-refractivity contribution is 0.171. The number of allylic oxidation sites excluding steroid dienone is 1. The van der Waals surface area contributed by atoms with Crippen molar-refractivity contribution >= 4 is 0 Å². The molecule has 2 nitrogen and oxygen atoms in total. The van der Waals surface area contributed by atoms with Crippen molar-refractivity contribution in [3.8, 4) is 0 Å².